The van der Waals surface area contributed by atoms with Gasteiger partial charge in [0.05, 0.1) is 6.61 Å². The molecule has 2 aliphatic heterocycles. The van der Waals surface area contributed by atoms with Gasteiger partial charge in [-0.2, -0.15) is 0 Å². The molecule has 0 radical (unpaired) electrons. The predicted molar refractivity (Wildman–Crippen MR) is 70.2 cm³/mol. The largest absolute Gasteiger partial charge is 0.493 e. The summed E-state index contributed by atoms with van der Waals surface area (Å²) in [6, 6.07) is 3.77. The molecule has 1 aromatic carbocycles. The number of hydrogen-bond acceptors (Lipinski definition) is 3. The van der Waals surface area contributed by atoms with Gasteiger partial charge in [0.15, 0.2) is 0 Å². The Kier molecular flexibility index (Phi) is 3.19. The Morgan fingerprint density at radius 1 is 1.32 bits per heavy atom. The van der Waals surface area contributed by atoms with Crippen LogP contribution in [0.5, 0.6) is 5.75 Å². The third-order valence-corrected chi connectivity index (χ3v) is 3.86. The first kappa shape index (κ1) is 12.5. The topological polar surface area (TPSA) is 55.4 Å². The molecule has 0 aromatic heterocycles. The highest BCUT2D eigenvalue weighted by atomic mass is 35.5. The molecule has 2 heterocycles. The highest BCUT2D eigenvalue weighted by Gasteiger charge is 2.28. The molecule has 0 saturated carbocycles. The Morgan fingerprint density at radius 2 is 2.16 bits per heavy atom. The van der Waals surface area contributed by atoms with Crippen molar-refractivity contribution in [3.63, 3.8) is 0 Å². The number of nitrogens with one attached hydrogen (secondary N) is 1. The van der Waals surface area contributed by atoms with Crippen LogP contribution in [0.15, 0.2) is 12.1 Å². The van der Waals surface area contributed by atoms with Gasteiger partial charge in [0, 0.05) is 23.8 Å². The Hall–Kier alpha value is -1.55. The third-order valence-electron chi connectivity index (χ3n) is 3.64. The van der Waals surface area contributed by atoms with Gasteiger partial charge >= 0.3 is 0 Å². The summed E-state index contributed by atoms with van der Waals surface area (Å²) in [7, 11) is 0. The van der Waals surface area contributed by atoms with E-state index in [-0.39, 0.29) is 17.7 Å². The lowest BCUT2D eigenvalue weighted by atomic mass is 9.90. The van der Waals surface area contributed by atoms with E-state index in [0.717, 1.165) is 23.3 Å². The first-order valence-electron chi connectivity index (χ1n) is 6.41. The van der Waals surface area contributed by atoms with Crippen LogP contribution >= 0.6 is 11.6 Å². The highest BCUT2D eigenvalue weighted by molar-refractivity contribution is 6.30. The second kappa shape index (κ2) is 4.85. The molecule has 1 fully saturated rings. The van der Waals surface area contributed by atoms with Crippen molar-refractivity contribution in [2.24, 2.45) is 5.92 Å². The molecule has 2 aliphatic rings. The SMILES string of the molecule is O=C1CCC(Cc2cc(Cl)cc3c2OCC3)C(=O)N1. The molecular weight excluding hydrogens is 266 g/mol. The van der Waals surface area contributed by atoms with Crippen molar-refractivity contribution >= 4 is 23.4 Å². The Morgan fingerprint density at radius 3 is 2.95 bits per heavy atom. The molecule has 4 nitrogen and oxygen atoms in total. The van der Waals surface area contributed by atoms with Crippen molar-refractivity contribution in [1.29, 1.82) is 0 Å². The average molecular weight is 280 g/mol. The van der Waals surface area contributed by atoms with Gasteiger partial charge in [-0.1, -0.05) is 11.6 Å². The molecule has 1 aromatic rings. The number of ether oxygens (including phenoxy) is 1. The van der Waals surface area contributed by atoms with Crippen LogP contribution in [0.4, 0.5) is 0 Å². The maximum atomic E-state index is 11.8. The van der Waals surface area contributed by atoms with E-state index in [0.29, 0.717) is 30.9 Å². The third kappa shape index (κ3) is 2.45. The van der Waals surface area contributed by atoms with E-state index < -0.39 is 0 Å². The lowest BCUT2D eigenvalue weighted by Gasteiger charge is -2.21. The molecule has 1 N–H and O–H groups in total. The zero-order chi connectivity index (χ0) is 13.4. The summed E-state index contributed by atoms with van der Waals surface area (Å²) in [5.41, 5.74) is 2.07. The van der Waals surface area contributed by atoms with Crippen molar-refractivity contribution in [3.05, 3.63) is 28.3 Å². The van der Waals surface area contributed by atoms with Crippen LogP contribution in [0.25, 0.3) is 0 Å². The minimum Gasteiger partial charge on any atom is -0.493 e. The number of benzene rings is 1. The normalized spacial score (nSPS) is 21.8. The monoisotopic (exact) mass is 279 g/mol. The molecule has 2 amide bonds. The second-order valence-corrected chi connectivity index (χ2v) is 5.44. The lowest BCUT2D eigenvalue weighted by molar-refractivity contribution is -0.136. The fourth-order valence-electron chi connectivity index (χ4n) is 2.70. The molecular formula is C14H14ClNO3. The van der Waals surface area contributed by atoms with E-state index in [4.69, 9.17) is 16.3 Å². The fourth-order valence-corrected chi connectivity index (χ4v) is 2.96. The molecule has 100 valence electrons. The Labute approximate surface area is 116 Å². The minimum absolute atomic E-state index is 0.176. The molecule has 3 rings (SSSR count). The van der Waals surface area contributed by atoms with Crippen molar-refractivity contribution in [1.82, 2.24) is 5.32 Å². The van der Waals surface area contributed by atoms with E-state index in [1.807, 2.05) is 12.1 Å². The average Bonchev–Trinajstić information content (AvgIpc) is 2.80. The van der Waals surface area contributed by atoms with Crippen LogP contribution in [-0.2, 0) is 22.4 Å². The highest BCUT2D eigenvalue weighted by Crippen LogP contribution is 2.35. The van der Waals surface area contributed by atoms with Gasteiger partial charge in [0.1, 0.15) is 5.75 Å². The van der Waals surface area contributed by atoms with E-state index in [2.05, 4.69) is 5.32 Å². The first-order chi connectivity index (χ1) is 9.13. The Bertz CT molecular complexity index is 556. The van der Waals surface area contributed by atoms with Crippen molar-refractivity contribution in [2.45, 2.75) is 25.7 Å². The summed E-state index contributed by atoms with van der Waals surface area (Å²) in [6.45, 7) is 0.665. The molecule has 0 aliphatic carbocycles. The second-order valence-electron chi connectivity index (χ2n) is 5.00. The quantitative estimate of drug-likeness (QED) is 0.841. The van der Waals surface area contributed by atoms with E-state index >= 15 is 0 Å². The summed E-state index contributed by atoms with van der Waals surface area (Å²) in [5, 5.41) is 3.05. The first-order valence-corrected chi connectivity index (χ1v) is 6.79. The fraction of sp³-hybridized carbons (Fsp3) is 0.429. The van der Waals surface area contributed by atoms with Gasteiger partial charge in [-0.3, -0.25) is 14.9 Å². The molecule has 1 saturated heterocycles. The van der Waals surface area contributed by atoms with Crippen LogP contribution < -0.4 is 10.1 Å². The van der Waals surface area contributed by atoms with Crippen LogP contribution in [0, 0.1) is 5.92 Å². The van der Waals surface area contributed by atoms with Crippen molar-refractivity contribution in [3.8, 4) is 5.75 Å². The van der Waals surface area contributed by atoms with E-state index in [1.54, 1.807) is 0 Å². The molecule has 0 spiro atoms. The number of carbonyl (C=O) groups is 2. The number of halogens is 1. The van der Waals surface area contributed by atoms with E-state index in [1.165, 1.54) is 0 Å². The van der Waals surface area contributed by atoms with Gasteiger partial charge in [-0.15, -0.1) is 0 Å². The van der Waals surface area contributed by atoms with E-state index in [9.17, 15) is 9.59 Å². The number of imide groups is 1. The zero-order valence-electron chi connectivity index (χ0n) is 10.4. The maximum Gasteiger partial charge on any atom is 0.230 e. The number of amides is 2. The number of piperidine rings is 1. The number of fused-ring (bicyclic) bond motifs is 1. The molecule has 1 unspecified atom stereocenters. The van der Waals surface area contributed by atoms with Crippen LogP contribution in [0.1, 0.15) is 24.0 Å². The van der Waals surface area contributed by atoms with Crippen molar-refractivity contribution < 1.29 is 14.3 Å². The van der Waals surface area contributed by atoms with Crippen LogP contribution in [0.2, 0.25) is 5.02 Å². The van der Waals surface area contributed by atoms with Gasteiger partial charge in [0.2, 0.25) is 11.8 Å². The van der Waals surface area contributed by atoms with Gasteiger partial charge < -0.3 is 4.74 Å². The lowest BCUT2D eigenvalue weighted by Crippen LogP contribution is -2.41. The molecule has 0 bridgehead atoms. The zero-order valence-corrected chi connectivity index (χ0v) is 11.1. The smallest absolute Gasteiger partial charge is 0.230 e. The van der Waals surface area contributed by atoms with Gasteiger partial charge in [-0.05, 0) is 36.1 Å². The molecule has 1 atom stereocenters. The standard InChI is InChI=1S/C14H14ClNO3/c15-11-6-8-3-4-19-13(8)10(7-11)5-9-1-2-12(17)16-14(9)18/h6-7,9H,1-5H2,(H,16,17,18). The van der Waals surface area contributed by atoms with Crippen LogP contribution in [-0.4, -0.2) is 18.4 Å². The number of carbonyl (C=O) groups excluding carboxylic acids is 2. The van der Waals surface area contributed by atoms with Gasteiger partial charge in [0.25, 0.3) is 0 Å². The predicted octanol–water partition coefficient (Wildman–Crippen LogP) is 1.87. The summed E-state index contributed by atoms with van der Waals surface area (Å²) in [5.74, 6) is 0.315. The summed E-state index contributed by atoms with van der Waals surface area (Å²) in [4.78, 5) is 22.9. The van der Waals surface area contributed by atoms with Crippen LogP contribution in [0.3, 0.4) is 0 Å². The molecule has 19 heavy (non-hydrogen) atoms. The number of hydrogen-bond donors (Lipinski definition) is 1. The number of rotatable bonds is 2. The Balaban J connectivity index is 1.84. The summed E-state index contributed by atoms with van der Waals surface area (Å²) in [6.07, 6.45) is 2.42. The minimum atomic E-state index is -0.192. The molecule has 5 heteroatoms. The van der Waals surface area contributed by atoms with Gasteiger partial charge in [-0.25, -0.2) is 0 Å². The summed E-state index contributed by atoms with van der Waals surface area (Å²) >= 11 is 6.10. The van der Waals surface area contributed by atoms with Crippen molar-refractivity contribution in [2.75, 3.05) is 6.61 Å². The summed E-state index contributed by atoms with van der Waals surface area (Å²) < 4.78 is 5.63. The maximum absolute atomic E-state index is 11.8.